The van der Waals surface area contributed by atoms with Crippen LogP contribution in [0.4, 0.5) is 0 Å². The Morgan fingerprint density at radius 2 is 1.76 bits per heavy atom. The van der Waals surface area contributed by atoms with Crippen LogP contribution in [0.5, 0.6) is 0 Å². The quantitative estimate of drug-likeness (QED) is 0.682. The first kappa shape index (κ1) is 17.2. The van der Waals surface area contributed by atoms with Crippen molar-refractivity contribution in [2.24, 2.45) is 11.8 Å². The highest BCUT2D eigenvalue weighted by molar-refractivity contribution is 5.80. The van der Waals surface area contributed by atoms with Crippen molar-refractivity contribution < 1.29 is 14.3 Å². The number of Topliss-reactive ketones (excluding diaryl/α,β-unsaturated/α-hetero) is 1. The SMILES string of the molecule is COC(=O)CC(/C=C/c1ccccc1)CC(=O)CC(C)C. The number of carbonyl (C=O) groups excluding carboxylic acids is 2. The fraction of sp³-hybridized carbons (Fsp3) is 0.444. The summed E-state index contributed by atoms with van der Waals surface area (Å²) in [5.41, 5.74) is 1.06. The summed E-state index contributed by atoms with van der Waals surface area (Å²) in [5, 5.41) is 0. The molecule has 1 unspecified atom stereocenters. The Labute approximate surface area is 127 Å². The number of allylic oxidation sites excluding steroid dienone is 1. The number of benzene rings is 1. The Morgan fingerprint density at radius 3 is 2.33 bits per heavy atom. The summed E-state index contributed by atoms with van der Waals surface area (Å²) in [6, 6.07) is 9.84. The highest BCUT2D eigenvalue weighted by Gasteiger charge is 2.16. The predicted molar refractivity (Wildman–Crippen MR) is 84.7 cm³/mol. The lowest BCUT2D eigenvalue weighted by Gasteiger charge is -2.12. The second-order valence-corrected chi connectivity index (χ2v) is 5.65. The lowest BCUT2D eigenvalue weighted by atomic mass is 9.93. The molecule has 0 aliphatic carbocycles. The number of rotatable bonds is 8. The van der Waals surface area contributed by atoms with Crippen LogP contribution in [0.25, 0.3) is 6.08 Å². The second-order valence-electron chi connectivity index (χ2n) is 5.65. The van der Waals surface area contributed by atoms with Crippen molar-refractivity contribution in [3.05, 3.63) is 42.0 Å². The minimum atomic E-state index is -0.282. The van der Waals surface area contributed by atoms with E-state index in [-0.39, 0.29) is 24.1 Å². The van der Waals surface area contributed by atoms with Gasteiger partial charge in [0.15, 0.2) is 0 Å². The van der Waals surface area contributed by atoms with Crippen molar-refractivity contribution in [1.82, 2.24) is 0 Å². The van der Waals surface area contributed by atoms with E-state index >= 15 is 0 Å². The lowest BCUT2D eigenvalue weighted by molar-refractivity contribution is -0.141. The van der Waals surface area contributed by atoms with E-state index in [1.165, 1.54) is 7.11 Å². The van der Waals surface area contributed by atoms with E-state index in [0.717, 1.165) is 5.56 Å². The molecule has 21 heavy (non-hydrogen) atoms. The third-order valence-electron chi connectivity index (χ3n) is 3.14. The molecular formula is C18H24O3. The number of ether oxygens (including phenoxy) is 1. The minimum Gasteiger partial charge on any atom is -0.469 e. The topological polar surface area (TPSA) is 43.4 Å². The largest absolute Gasteiger partial charge is 0.469 e. The van der Waals surface area contributed by atoms with E-state index in [4.69, 9.17) is 4.74 Å². The molecule has 0 aliphatic heterocycles. The van der Waals surface area contributed by atoms with Crippen LogP contribution in [0.3, 0.4) is 0 Å². The maximum Gasteiger partial charge on any atom is 0.306 e. The van der Waals surface area contributed by atoms with Crippen LogP contribution in [-0.2, 0) is 14.3 Å². The molecule has 0 spiro atoms. The fourth-order valence-corrected chi connectivity index (χ4v) is 2.15. The minimum absolute atomic E-state index is 0.107. The third-order valence-corrected chi connectivity index (χ3v) is 3.14. The van der Waals surface area contributed by atoms with Crippen molar-refractivity contribution in [2.75, 3.05) is 7.11 Å². The monoisotopic (exact) mass is 288 g/mol. The van der Waals surface area contributed by atoms with E-state index in [9.17, 15) is 9.59 Å². The molecule has 1 rings (SSSR count). The lowest BCUT2D eigenvalue weighted by Crippen LogP contribution is -2.13. The van der Waals surface area contributed by atoms with Crippen LogP contribution in [0.1, 0.15) is 38.7 Å². The average Bonchev–Trinajstić information content (AvgIpc) is 2.44. The van der Waals surface area contributed by atoms with E-state index in [1.54, 1.807) is 0 Å². The molecule has 0 saturated heterocycles. The van der Waals surface area contributed by atoms with Gasteiger partial charge in [0.2, 0.25) is 0 Å². The molecule has 3 heteroatoms. The number of hydrogen-bond donors (Lipinski definition) is 0. The Balaban J connectivity index is 2.70. The molecular weight excluding hydrogens is 264 g/mol. The van der Waals surface area contributed by atoms with Crippen molar-refractivity contribution in [3.8, 4) is 0 Å². The van der Waals surface area contributed by atoms with Gasteiger partial charge in [0.05, 0.1) is 13.5 Å². The molecule has 1 aromatic rings. The number of ketones is 1. The number of hydrogen-bond acceptors (Lipinski definition) is 3. The van der Waals surface area contributed by atoms with Crippen molar-refractivity contribution >= 4 is 17.8 Å². The van der Waals surface area contributed by atoms with Gasteiger partial charge in [-0.2, -0.15) is 0 Å². The van der Waals surface area contributed by atoms with Gasteiger partial charge in [0.25, 0.3) is 0 Å². The van der Waals surface area contributed by atoms with Gasteiger partial charge in [0, 0.05) is 12.8 Å². The zero-order valence-corrected chi connectivity index (χ0v) is 13.0. The zero-order valence-electron chi connectivity index (χ0n) is 13.0. The summed E-state index contributed by atoms with van der Waals surface area (Å²) in [4.78, 5) is 23.4. The maximum absolute atomic E-state index is 12.0. The molecule has 0 fully saturated rings. The third kappa shape index (κ3) is 7.45. The van der Waals surface area contributed by atoms with Crippen LogP contribution in [0.2, 0.25) is 0 Å². The van der Waals surface area contributed by atoms with E-state index < -0.39 is 0 Å². The highest BCUT2D eigenvalue weighted by Crippen LogP contribution is 2.17. The van der Waals surface area contributed by atoms with Gasteiger partial charge in [0.1, 0.15) is 5.78 Å². The van der Waals surface area contributed by atoms with Gasteiger partial charge >= 0.3 is 5.97 Å². The van der Waals surface area contributed by atoms with E-state index in [0.29, 0.717) is 18.8 Å². The first-order valence-corrected chi connectivity index (χ1v) is 7.33. The van der Waals surface area contributed by atoms with Gasteiger partial charge in [-0.15, -0.1) is 0 Å². The Bertz CT molecular complexity index is 474. The summed E-state index contributed by atoms with van der Waals surface area (Å²) in [6.07, 6.45) is 5.07. The molecule has 1 atom stereocenters. The smallest absolute Gasteiger partial charge is 0.306 e. The zero-order chi connectivity index (χ0) is 15.7. The standard InChI is InChI=1S/C18H24O3/c1-14(2)11-17(19)12-16(13-18(20)21-3)10-9-15-7-5-4-6-8-15/h4-10,14,16H,11-13H2,1-3H3/b10-9+. The van der Waals surface area contributed by atoms with Gasteiger partial charge < -0.3 is 4.74 Å². The van der Waals surface area contributed by atoms with E-state index in [2.05, 4.69) is 0 Å². The highest BCUT2D eigenvalue weighted by atomic mass is 16.5. The van der Waals surface area contributed by atoms with Crippen LogP contribution < -0.4 is 0 Å². The van der Waals surface area contributed by atoms with Gasteiger partial charge in [-0.3, -0.25) is 9.59 Å². The first-order chi connectivity index (χ1) is 10.0. The first-order valence-electron chi connectivity index (χ1n) is 7.33. The summed E-state index contributed by atoms with van der Waals surface area (Å²) in [6.45, 7) is 4.04. The molecule has 3 nitrogen and oxygen atoms in total. The van der Waals surface area contributed by atoms with Crippen LogP contribution in [0.15, 0.2) is 36.4 Å². The molecule has 0 aliphatic rings. The summed E-state index contributed by atoms with van der Waals surface area (Å²) in [5.74, 6) is 0.143. The Kier molecular flexibility index (Phi) is 7.44. The predicted octanol–water partition coefficient (Wildman–Crippen LogP) is 3.88. The number of carbonyl (C=O) groups is 2. The van der Waals surface area contributed by atoms with Gasteiger partial charge in [-0.1, -0.05) is 56.3 Å². The normalized spacial score (nSPS) is 12.6. The van der Waals surface area contributed by atoms with Gasteiger partial charge in [-0.05, 0) is 17.4 Å². The molecule has 0 N–H and O–H groups in total. The van der Waals surface area contributed by atoms with Crippen molar-refractivity contribution in [1.29, 1.82) is 0 Å². The molecule has 0 bridgehead atoms. The number of methoxy groups -OCH3 is 1. The molecule has 0 radical (unpaired) electrons. The Morgan fingerprint density at radius 1 is 1.10 bits per heavy atom. The summed E-state index contributed by atoms with van der Waals surface area (Å²) >= 11 is 0. The summed E-state index contributed by atoms with van der Waals surface area (Å²) in [7, 11) is 1.37. The molecule has 0 aromatic heterocycles. The number of esters is 1. The molecule has 0 saturated carbocycles. The van der Waals surface area contributed by atoms with Crippen LogP contribution >= 0.6 is 0 Å². The van der Waals surface area contributed by atoms with Crippen molar-refractivity contribution in [2.45, 2.75) is 33.1 Å². The molecule has 114 valence electrons. The van der Waals surface area contributed by atoms with E-state index in [1.807, 2.05) is 56.3 Å². The fourth-order valence-electron chi connectivity index (χ4n) is 2.15. The van der Waals surface area contributed by atoms with Gasteiger partial charge in [-0.25, -0.2) is 0 Å². The maximum atomic E-state index is 12.0. The molecule has 1 aromatic carbocycles. The average molecular weight is 288 g/mol. The van der Waals surface area contributed by atoms with Crippen LogP contribution in [-0.4, -0.2) is 18.9 Å². The second kappa shape index (κ2) is 9.11. The van der Waals surface area contributed by atoms with Crippen molar-refractivity contribution in [3.63, 3.8) is 0 Å². The molecule has 0 amide bonds. The van der Waals surface area contributed by atoms with Crippen LogP contribution in [0, 0.1) is 11.8 Å². The Hall–Kier alpha value is -1.90. The molecule has 0 heterocycles. The summed E-state index contributed by atoms with van der Waals surface area (Å²) < 4.78 is 4.71.